The lowest BCUT2D eigenvalue weighted by Gasteiger charge is -2.08. The number of carbonyl (C=O) groups excluding carboxylic acids is 1. The van der Waals surface area contributed by atoms with E-state index in [9.17, 15) is 4.79 Å². The van der Waals surface area contributed by atoms with Gasteiger partial charge < -0.3 is 5.32 Å². The smallest absolute Gasteiger partial charge is 0.248 e. The highest BCUT2D eigenvalue weighted by Gasteiger charge is 2.13. The summed E-state index contributed by atoms with van der Waals surface area (Å²) in [5, 5.41) is 17.7. The molecule has 0 bridgehead atoms. The summed E-state index contributed by atoms with van der Waals surface area (Å²) < 4.78 is 1.76. The summed E-state index contributed by atoms with van der Waals surface area (Å²) in [6.07, 6.45) is 3.85. The third kappa shape index (κ3) is 4.23. The molecular weight excluding hydrogens is 441 g/mol. The third-order valence-corrected chi connectivity index (χ3v) is 6.00. The van der Waals surface area contributed by atoms with Crippen molar-refractivity contribution < 1.29 is 4.79 Å². The summed E-state index contributed by atoms with van der Waals surface area (Å²) in [6, 6.07) is 11.0. The minimum atomic E-state index is -0.257. The number of carbonyl (C=O) groups is 1. The first-order valence-corrected chi connectivity index (χ1v) is 10.8. The molecule has 9 heteroatoms. The minimum absolute atomic E-state index is 0.257. The van der Waals surface area contributed by atoms with Crippen LogP contribution < -0.4 is 5.32 Å². The SMILES string of the molecule is CCc1nnc2sc(-c3ccc(C)c(NC(=O)/C=C/c4ccc(Cl)cc4Cl)c3)nn12. The normalized spacial score (nSPS) is 11.5. The van der Waals surface area contributed by atoms with Crippen LogP contribution in [0.2, 0.25) is 10.0 Å². The first-order chi connectivity index (χ1) is 14.4. The maximum atomic E-state index is 12.4. The summed E-state index contributed by atoms with van der Waals surface area (Å²) >= 11 is 13.5. The van der Waals surface area contributed by atoms with Crippen molar-refractivity contribution in [1.29, 1.82) is 0 Å². The van der Waals surface area contributed by atoms with Gasteiger partial charge in [-0.05, 0) is 42.3 Å². The van der Waals surface area contributed by atoms with Crippen LogP contribution in [0.3, 0.4) is 0 Å². The summed E-state index contributed by atoms with van der Waals surface area (Å²) in [5.74, 6) is 0.562. The quantitative estimate of drug-likeness (QED) is 0.391. The van der Waals surface area contributed by atoms with Crippen LogP contribution in [0.15, 0.2) is 42.5 Å². The highest BCUT2D eigenvalue weighted by atomic mass is 35.5. The lowest BCUT2D eigenvalue weighted by molar-refractivity contribution is -0.111. The van der Waals surface area contributed by atoms with Crippen molar-refractivity contribution in [1.82, 2.24) is 19.8 Å². The molecule has 0 spiro atoms. The number of aromatic nitrogens is 4. The van der Waals surface area contributed by atoms with E-state index in [4.69, 9.17) is 23.2 Å². The van der Waals surface area contributed by atoms with Crippen LogP contribution in [0.5, 0.6) is 0 Å². The van der Waals surface area contributed by atoms with Crippen molar-refractivity contribution in [2.45, 2.75) is 20.3 Å². The molecular formula is C21H17Cl2N5OS. The summed E-state index contributed by atoms with van der Waals surface area (Å²) in [7, 11) is 0. The molecule has 4 aromatic rings. The second kappa shape index (κ2) is 8.55. The van der Waals surface area contributed by atoms with Gasteiger partial charge in [0.15, 0.2) is 5.82 Å². The average molecular weight is 458 g/mol. The van der Waals surface area contributed by atoms with Crippen LogP contribution in [0.25, 0.3) is 21.6 Å². The van der Waals surface area contributed by atoms with Gasteiger partial charge in [-0.3, -0.25) is 4.79 Å². The molecule has 0 aliphatic heterocycles. The lowest BCUT2D eigenvalue weighted by Crippen LogP contribution is -2.09. The van der Waals surface area contributed by atoms with E-state index >= 15 is 0 Å². The number of nitrogens with one attached hydrogen (secondary N) is 1. The number of anilines is 1. The fourth-order valence-electron chi connectivity index (χ4n) is 2.86. The van der Waals surface area contributed by atoms with Crippen LogP contribution in [-0.2, 0) is 11.2 Å². The number of rotatable bonds is 5. The molecule has 0 fully saturated rings. The van der Waals surface area contributed by atoms with Gasteiger partial charge in [-0.25, -0.2) is 0 Å². The Hall–Kier alpha value is -2.74. The summed E-state index contributed by atoms with van der Waals surface area (Å²) in [5.41, 5.74) is 3.28. The predicted molar refractivity (Wildman–Crippen MR) is 122 cm³/mol. The van der Waals surface area contributed by atoms with E-state index in [0.29, 0.717) is 21.3 Å². The van der Waals surface area contributed by atoms with Crippen molar-refractivity contribution in [3.05, 3.63) is 69.5 Å². The van der Waals surface area contributed by atoms with Crippen molar-refractivity contribution >= 4 is 57.2 Å². The molecule has 2 aromatic heterocycles. The van der Waals surface area contributed by atoms with Crippen LogP contribution >= 0.6 is 34.5 Å². The van der Waals surface area contributed by atoms with E-state index in [1.807, 2.05) is 32.0 Å². The Kier molecular flexibility index (Phi) is 5.85. The zero-order valence-corrected chi connectivity index (χ0v) is 18.5. The topological polar surface area (TPSA) is 72.2 Å². The highest BCUT2D eigenvalue weighted by molar-refractivity contribution is 7.19. The molecule has 6 nitrogen and oxygen atoms in total. The molecule has 1 amide bonds. The largest absolute Gasteiger partial charge is 0.322 e. The van der Waals surface area contributed by atoms with Gasteiger partial charge in [0.1, 0.15) is 5.01 Å². The molecule has 0 radical (unpaired) electrons. The Morgan fingerprint density at radius 3 is 2.80 bits per heavy atom. The van der Waals surface area contributed by atoms with Crippen molar-refractivity contribution in [2.24, 2.45) is 0 Å². The molecule has 2 aromatic carbocycles. The Morgan fingerprint density at radius 2 is 2.03 bits per heavy atom. The minimum Gasteiger partial charge on any atom is -0.322 e. The molecule has 0 aliphatic rings. The Morgan fingerprint density at radius 1 is 1.20 bits per heavy atom. The van der Waals surface area contributed by atoms with Crippen LogP contribution in [0, 0.1) is 6.92 Å². The third-order valence-electron chi connectivity index (χ3n) is 4.49. The number of nitrogens with zero attached hydrogens (tertiary/aromatic N) is 4. The zero-order chi connectivity index (χ0) is 21.3. The summed E-state index contributed by atoms with van der Waals surface area (Å²) in [6.45, 7) is 3.95. The second-order valence-electron chi connectivity index (χ2n) is 6.59. The number of halogens is 2. The van der Waals surface area contributed by atoms with Crippen molar-refractivity contribution in [2.75, 3.05) is 5.32 Å². The standard InChI is InChI=1S/C21H17Cl2N5OS/c1-3-18-25-26-21-28(18)27-20(30-21)14-5-4-12(2)17(10-14)24-19(29)9-7-13-6-8-15(22)11-16(13)23/h4-11H,3H2,1-2H3,(H,24,29)/b9-7+. The van der Waals surface area contributed by atoms with Crippen molar-refractivity contribution in [3.8, 4) is 10.6 Å². The first kappa shape index (κ1) is 20.5. The predicted octanol–water partition coefficient (Wildman–Crippen LogP) is 5.68. The van der Waals surface area contributed by atoms with Gasteiger partial charge in [0.25, 0.3) is 0 Å². The molecule has 0 atom stereocenters. The van der Waals surface area contributed by atoms with E-state index in [-0.39, 0.29) is 5.91 Å². The van der Waals surface area contributed by atoms with E-state index in [1.165, 1.54) is 17.4 Å². The number of benzene rings is 2. The molecule has 0 saturated carbocycles. The van der Waals surface area contributed by atoms with Gasteiger partial charge in [-0.1, -0.05) is 59.7 Å². The summed E-state index contributed by atoms with van der Waals surface area (Å²) in [4.78, 5) is 13.2. The molecule has 30 heavy (non-hydrogen) atoms. The van der Waals surface area contributed by atoms with E-state index in [2.05, 4.69) is 20.6 Å². The maximum Gasteiger partial charge on any atom is 0.248 e. The van der Waals surface area contributed by atoms with Gasteiger partial charge in [0, 0.05) is 33.8 Å². The van der Waals surface area contributed by atoms with Gasteiger partial charge >= 0.3 is 0 Å². The van der Waals surface area contributed by atoms with Gasteiger partial charge in [0.05, 0.1) is 0 Å². The molecule has 0 unspecified atom stereocenters. The van der Waals surface area contributed by atoms with Gasteiger partial charge in [-0.15, -0.1) is 10.2 Å². The fourth-order valence-corrected chi connectivity index (χ4v) is 4.19. The Labute approximate surface area is 187 Å². The van der Waals surface area contributed by atoms with Gasteiger partial charge in [-0.2, -0.15) is 9.61 Å². The van der Waals surface area contributed by atoms with Crippen LogP contribution in [0.4, 0.5) is 5.69 Å². The van der Waals surface area contributed by atoms with Gasteiger partial charge in [0.2, 0.25) is 10.9 Å². The lowest BCUT2D eigenvalue weighted by atomic mass is 10.1. The molecule has 152 valence electrons. The number of fused-ring (bicyclic) bond motifs is 1. The molecule has 0 saturated heterocycles. The van der Waals surface area contributed by atoms with E-state index in [0.717, 1.165) is 33.3 Å². The highest BCUT2D eigenvalue weighted by Crippen LogP contribution is 2.29. The zero-order valence-electron chi connectivity index (χ0n) is 16.2. The molecule has 0 aliphatic carbocycles. The number of aryl methyl sites for hydroxylation is 2. The van der Waals surface area contributed by atoms with Crippen LogP contribution in [-0.4, -0.2) is 25.7 Å². The maximum absolute atomic E-state index is 12.4. The van der Waals surface area contributed by atoms with Crippen molar-refractivity contribution in [3.63, 3.8) is 0 Å². The fraction of sp³-hybridized carbons (Fsp3) is 0.143. The van der Waals surface area contributed by atoms with E-state index < -0.39 is 0 Å². The number of hydrogen-bond donors (Lipinski definition) is 1. The average Bonchev–Trinajstić information content (AvgIpc) is 3.29. The molecule has 2 heterocycles. The second-order valence-corrected chi connectivity index (χ2v) is 8.39. The Bertz CT molecular complexity index is 1280. The Balaban J connectivity index is 1.56. The number of amides is 1. The molecule has 4 rings (SSSR count). The van der Waals surface area contributed by atoms with E-state index in [1.54, 1.807) is 28.8 Å². The monoisotopic (exact) mass is 457 g/mol. The molecule has 1 N–H and O–H groups in total. The van der Waals surface area contributed by atoms with Crippen LogP contribution in [0.1, 0.15) is 23.9 Å². The number of hydrogen-bond acceptors (Lipinski definition) is 5. The first-order valence-electron chi connectivity index (χ1n) is 9.21.